The first-order chi connectivity index (χ1) is 10.7. The number of rotatable bonds is 15. The van der Waals surface area contributed by atoms with Gasteiger partial charge in [-0.1, -0.05) is 64.0 Å². The molecule has 3 nitrogen and oxygen atoms in total. The molecule has 0 aromatic rings. The summed E-state index contributed by atoms with van der Waals surface area (Å²) in [6.45, 7) is 2.25. The largest absolute Gasteiger partial charge is 0.469 e. The predicted octanol–water partition coefficient (Wildman–Crippen LogP) is 5.13. The van der Waals surface area contributed by atoms with Gasteiger partial charge in [-0.05, 0) is 32.1 Å². The topological polar surface area (TPSA) is 52.3 Å². The van der Waals surface area contributed by atoms with Crippen LogP contribution in [0.15, 0.2) is 12.2 Å². The summed E-state index contributed by atoms with van der Waals surface area (Å²) < 4.78 is 4.62. The molecule has 0 aliphatic carbocycles. The summed E-state index contributed by atoms with van der Waals surface area (Å²) in [7, 11) is 1.45. The highest BCUT2D eigenvalue weighted by Gasteiger charge is 2.00. The van der Waals surface area contributed by atoms with E-state index in [1.54, 1.807) is 0 Å². The smallest absolute Gasteiger partial charge is 0.305 e. The van der Waals surface area contributed by atoms with Gasteiger partial charge in [-0.2, -0.15) is 0 Å². The summed E-state index contributed by atoms with van der Waals surface area (Å²) in [5.41, 5.74) is 6.12. The van der Waals surface area contributed by atoms with Gasteiger partial charge in [0.2, 0.25) is 0 Å². The number of nitrogens with two attached hydrogens (primary N) is 1. The lowest BCUT2D eigenvalue weighted by Crippen LogP contribution is -2.18. The van der Waals surface area contributed by atoms with Crippen LogP contribution in [0.1, 0.15) is 90.4 Å². The average molecular weight is 312 g/mol. The maximum atomic E-state index is 10.9. The Hall–Kier alpha value is -0.830. The number of esters is 1. The van der Waals surface area contributed by atoms with Gasteiger partial charge >= 0.3 is 5.97 Å². The number of hydrogen-bond donors (Lipinski definition) is 1. The van der Waals surface area contributed by atoms with Crippen molar-refractivity contribution >= 4 is 5.97 Å². The van der Waals surface area contributed by atoms with Crippen molar-refractivity contribution in [2.45, 2.75) is 96.4 Å². The summed E-state index contributed by atoms with van der Waals surface area (Å²) in [4.78, 5) is 10.9. The van der Waals surface area contributed by atoms with Gasteiger partial charge in [0.1, 0.15) is 0 Å². The monoisotopic (exact) mass is 311 g/mol. The molecule has 0 saturated heterocycles. The van der Waals surface area contributed by atoms with E-state index in [2.05, 4.69) is 23.8 Å². The second-order valence-corrected chi connectivity index (χ2v) is 6.20. The van der Waals surface area contributed by atoms with Crippen LogP contribution in [0.25, 0.3) is 0 Å². The van der Waals surface area contributed by atoms with Gasteiger partial charge in [0.05, 0.1) is 7.11 Å². The molecule has 1 unspecified atom stereocenters. The molecule has 3 heteroatoms. The van der Waals surface area contributed by atoms with E-state index >= 15 is 0 Å². The molecule has 0 saturated carbocycles. The van der Waals surface area contributed by atoms with Crippen molar-refractivity contribution in [3.05, 3.63) is 12.2 Å². The molecule has 0 radical (unpaired) electrons. The first-order valence-electron chi connectivity index (χ1n) is 9.18. The van der Waals surface area contributed by atoms with Crippen LogP contribution in [0.4, 0.5) is 0 Å². The molecule has 0 fully saturated rings. The van der Waals surface area contributed by atoms with Crippen LogP contribution >= 0.6 is 0 Å². The van der Waals surface area contributed by atoms with E-state index in [1.807, 2.05) is 0 Å². The number of allylic oxidation sites excluding steroid dienone is 1. The zero-order valence-corrected chi connectivity index (χ0v) is 14.8. The Morgan fingerprint density at radius 2 is 1.68 bits per heavy atom. The Morgan fingerprint density at radius 1 is 1.00 bits per heavy atom. The van der Waals surface area contributed by atoms with Crippen molar-refractivity contribution in [1.82, 2.24) is 0 Å². The normalized spacial score (nSPS) is 12.7. The summed E-state index contributed by atoms with van der Waals surface area (Å²) in [5, 5.41) is 0. The molecule has 0 aliphatic heterocycles. The lowest BCUT2D eigenvalue weighted by Gasteiger charge is -2.08. The molecule has 0 amide bonds. The van der Waals surface area contributed by atoms with Crippen LogP contribution in [0.2, 0.25) is 0 Å². The molecule has 22 heavy (non-hydrogen) atoms. The molecule has 0 aliphatic rings. The third-order valence-electron chi connectivity index (χ3n) is 4.01. The molecule has 0 aromatic heterocycles. The van der Waals surface area contributed by atoms with Gasteiger partial charge in [0.25, 0.3) is 0 Å². The molecule has 0 spiro atoms. The zero-order valence-electron chi connectivity index (χ0n) is 14.8. The minimum absolute atomic E-state index is 0.0939. The molecule has 0 aromatic carbocycles. The minimum atomic E-state index is -0.0939. The van der Waals surface area contributed by atoms with Crippen molar-refractivity contribution in [2.75, 3.05) is 7.11 Å². The molecular formula is C19H37NO2. The lowest BCUT2D eigenvalue weighted by molar-refractivity contribution is -0.140. The fraction of sp³-hybridized carbons (Fsp3) is 0.842. The fourth-order valence-corrected chi connectivity index (χ4v) is 2.50. The Morgan fingerprint density at radius 3 is 2.41 bits per heavy atom. The van der Waals surface area contributed by atoms with E-state index in [4.69, 9.17) is 5.73 Å². The average Bonchev–Trinajstić information content (AvgIpc) is 2.52. The van der Waals surface area contributed by atoms with Gasteiger partial charge in [-0.25, -0.2) is 0 Å². The molecular weight excluding hydrogens is 274 g/mol. The van der Waals surface area contributed by atoms with Crippen molar-refractivity contribution < 1.29 is 9.53 Å². The number of carbonyl (C=O) groups is 1. The van der Waals surface area contributed by atoms with Gasteiger partial charge < -0.3 is 10.5 Å². The first-order valence-corrected chi connectivity index (χ1v) is 9.18. The second-order valence-electron chi connectivity index (χ2n) is 6.20. The highest BCUT2D eigenvalue weighted by molar-refractivity contribution is 5.68. The highest BCUT2D eigenvalue weighted by atomic mass is 16.5. The number of unbranched alkanes of at least 4 members (excludes halogenated alkanes) is 8. The van der Waals surface area contributed by atoms with Crippen LogP contribution in [-0.4, -0.2) is 19.1 Å². The van der Waals surface area contributed by atoms with E-state index in [9.17, 15) is 4.79 Å². The molecule has 1 atom stereocenters. The SMILES string of the molecule is CCCCCCCC(N)C/C=C\CCCCCCC(=O)OC. The third kappa shape index (κ3) is 15.6. The quantitative estimate of drug-likeness (QED) is 0.259. The summed E-state index contributed by atoms with van der Waals surface area (Å²) in [5.74, 6) is -0.0939. The van der Waals surface area contributed by atoms with Crippen LogP contribution in [-0.2, 0) is 9.53 Å². The van der Waals surface area contributed by atoms with Crippen LogP contribution in [0.5, 0.6) is 0 Å². The Labute approximate surface area is 137 Å². The predicted molar refractivity (Wildman–Crippen MR) is 94.8 cm³/mol. The second kappa shape index (κ2) is 16.5. The van der Waals surface area contributed by atoms with E-state index < -0.39 is 0 Å². The summed E-state index contributed by atoms with van der Waals surface area (Å²) >= 11 is 0. The van der Waals surface area contributed by atoms with E-state index in [0.29, 0.717) is 12.5 Å². The standard InChI is InChI=1S/C19H37NO2/c1-3-4-5-9-12-15-18(20)16-13-10-7-6-8-11-14-17-19(21)22-2/h10,13,18H,3-9,11-12,14-17,20H2,1-2H3/b13-10-. The molecule has 0 heterocycles. The number of carbonyl (C=O) groups excluding carboxylic acids is 1. The third-order valence-corrected chi connectivity index (χ3v) is 4.01. The maximum Gasteiger partial charge on any atom is 0.305 e. The van der Waals surface area contributed by atoms with E-state index in [0.717, 1.165) is 32.1 Å². The van der Waals surface area contributed by atoms with Crippen molar-refractivity contribution in [2.24, 2.45) is 5.73 Å². The van der Waals surface area contributed by atoms with Crippen LogP contribution in [0, 0.1) is 0 Å². The number of hydrogen-bond acceptors (Lipinski definition) is 3. The molecule has 2 N–H and O–H groups in total. The van der Waals surface area contributed by atoms with Gasteiger partial charge in [-0.3, -0.25) is 4.79 Å². The molecule has 0 bridgehead atoms. The van der Waals surface area contributed by atoms with Crippen LogP contribution in [0.3, 0.4) is 0 Å². The minimum Gasteiger partial charge on any atom is -0.469 e. The molecule has 0 rings (SSSR count). The highest BCUT2D eigenvalue weighted by Crippen LogP contribution is 2.09. The zero-order chi connectivity index (χ0) is 16.5. The van der Waals surface area contributed by atoms with Crippen LogP contribution < -0.4 is 5.73 Å². The summed E-state index contributed by atoms with van der Waals surface area (Å²) in [6.07, 6.45) is 19.4. The Balaban J connectivity index is 3.30. The Bertz CT molecular complexity index is 277. The Kier molecular flexibility index (Phi) is 15.9. The van der Waals surface area contributed by atoms with Gasteiger partial charge in [0.15, 0.2) is 0 Å². The number of ether oxygens (including phenoxy) is 1. The first kappa shape index (κ1) is 21.2. The fourth-order valence-electron chi connectivity index (χ4n) is 2.50. The maximum absolute atomic E-state index is 10.9. The van der Waals surface area contributed by atoms with E-state index in [1.165, 1.54) is 52.1 Å². The van der Waals surface area contributed by atoms with Gasteiger partial charge in [0, 0.05) is 12.5 Å². The van der Waals surface area contributed by atoms with Crippen molar-refractivity contribution in [3.8, 4) is 0 Å². The molecule has 130 valence electrons. The van der Waals surface area contributed by atoms with E-state index in [-0.39, 0.29) is 5.97 Å². The van der Waals surface area contributed by atoms with Crippen molar-refractivity contribution in [1.29, 1.82) is 0 Å². The van der Waals surface area contributed by atoms with Crippen molar-refractivity contribution in [3.63, 3.8) is 0 Å². The lowest BCUT2D eigenvalue weighted by atomic mass is 10.0. The number of methoxy groups -OCH3 is 1. The van der Waals surface area contributed by atoms with Gasteiger partial charge in [-0.15, -0.1) is 0 Å². The summed E-state index contributed by atoms with van der Waals surface area (Å²) in [6, 6.07) is 0.331.